The fourth-order valence-corrected chi connectivity index (χ4v) is 3.35. The lowest BCUT2D eigenvalue weighted by Crippen LogP contribution is -2.45. The largest absolute Gasteiger partial charge is 0.479 e. The second-order valence-corrected chi connectivity index (χ2v) is 7.15. The Morgan fingerprint density at radius 2 is 2.00 bits per heavy atom. The number of benzene rings is 1. The Morgan fingerprint density at radius 1 is 1.20 bits per heavy atom. The van der Waals surface area contributed by atoms with Gasteiger partial charge in [-0.15, -0.1) is 0 Å². The van der Waals surface area contributed by atoms with Gasteiger partial charge in [0.25, 0.3) is 11.5 Å². The van der Waals surface area contributed by atoms with Gasteiger partial charge in [-0.2, -0.15) is 0 Å². The lowest BCUT2D eigenvalue weighted by Gasteiger charge is -2.32. The summed E-state index contributed by atoms with van der Waals surface area (Å²) in [5.74, 6) is -0.0825. The molecule has 0 spiro atoms. The predicted molar refractivity (Wildman–Crippen MR) is 109 cm³/mol. The molecule has 1 amide bonds. The van der Waals surface area contributed by atoms with Crippen molar-refractivity contribution >= 4 is 23.2 Å². The molecule has 2 aromatic heterocycles. The van der Waals surface area contributed by atoms with Crippen LogP contribution in [0.1, 0.15) is 24.6 Å². The van der Waals surface area contributed by atoms with E-state index in [1.807, 2.05) is 25.1 Å². The topological polar surface area (TPSA) is 90.2 Å². The molecule has 0 N–H and O–H groups in total. The van der Waals surface area contributed by atoms with Gasteiger partial charge in [-0.05, 0) is 43.7 Å². The number of aryl methyl sites for hydroxylation is 1. The summed E-state index contributed by atoms with van der Waals surface area (Å²) >= 11 is 0. The van der Waals surface area contributed by atoms with E-state index in [0.29, 0.717) is 22.8 Å². The Labute approximate surface area is 172 Å². The van der Waals surface area contributed by atoms with Crippen molar-refractivity contribution in [2.75, 3.05) is 11.4 Å². The fourth-order valence-electron chi connectivity index (χ4n) is 3.35. The highest BCUT2D eigenvalue weighted by Gasteiger charge is 2.31. The van der Waals surface area contributed by atoms with Crippen LogP contribution in [0, 0.1) is 6.92 Å². The second-order valence-electron chi connectivity index (χ2n) is 7.15. The quantitative estimate of drug-likeness (QED) is 0.603. The van der Waals surface area contributed by atoms with E-state index in [0.717, 1.165) is 5.56 Å². The first kappa shape index (κ1) is 19.6. The second kappa shape index (κ2) is 7.98. The fraction of sp³-hybridized carbons (Fsp3) is 0.273. The SMILES string of the molecule is Cc1ccn2c(=O)cc(COC(=O)CCN3C(=O)C(C)Oc4ccccc43)nc2c1. The summed E-state index contributed by atoms with van der Waals surface area (Å²) in [6.45, 7) is 3.65. The number of fused-ring (bicyclic) bond motifs is 2. The summed E-state index contributed by atoms with van der Waals surface area (Å²) in [6, 6.07) is 12.2. The summed E-state index contributed by atoms with van der Waals surface area (Å²) in [5, 5.41) is 0. The first-order valence-corrected chi connectivity index (χ1v) is 9.64. The van der Waals surface area contributed by atoms with Crippen LogP contribution in [0.15, 0.2) is 53.5 Å². The van der Waals surface area contributed by atoms with E-state index in [2.05, 4.69) is 4.98 Å². The molecule has 30 heavy (non-hydrogen) atoms. The number of rotatable bonds is 5. The lowest BCUT2D eigenvalue weighted by atomic mass is 10.2. The van der Waals surface area contributed by atoms with Crippen LogP contribution in [0.2, 0.25) is 0 Å². The van der Waals surface area contributed by atoms with Gasteiger partial charge in [-0.3, -0.25) is 18.8 Å². The molecule has 3 heterocycles. The Morgan fingerprint density at radius 3 is 2.83 bits per heavy atom. The molecule has 0 radical (unpaired) electrons. The number of para-hydroxylation sites is 2. The number of anilines is 1. The van der Waals surface area contributed by atoms with Gasteiger partial charge in [0.05, 0.1) is 17.8 Å². The van der Waals surface area contributed by atoms with Crippen LogP contribution in [0.25, 0.3) is 5.65 Å². The molecule has 0 aliphatic carbocycles. The highest BCUT2D eigenvalue weighted by atomic mass is 16.5. The third-order valence-electron chi connectivity index (χ3n) is 4.87. The maximum Gasteiger partial charge on any atom is 0.307 e. The van der Waals surface area contributed by atoms with Gasteiger partial charge < -0.3 is 14.4 Å². The van der Waals surface area contributed by atoms with Gasteiger partial charge in [-0.25, -0.2) is 4.98 Å². The molecule has 0 bridgehead atoms. The highest BCUT2D eigenvalue weighted by Crippen LogP contribution is 2.33. The van der Waals surface area contributed by atoms with Gasteiger partial charge in [0.2, 0.25) is 0 Å². The van der Waals surface area contributed by atoms with Crippen molar-refractivity contribution in [3.8, 4) is 5.75 Å². The van der Waals surface area contributed by atoms with E-state index >= 15 is 0 Å². The van der Waals surface area contributed by atoms with Crippen LogP contribution in [0.3, 0.4) is 0 Å². The first-order chi connectivity index (χ1) is 14.4. The zero-order valence-electron chi connectivity index (χ0n) is 16.7. The summed E-state index contributed by atoms with van der Waals surface area (Å²) < 4.78 is 12.3. The van der Waals surface area contributed by atoms with Crippen LogP contribution >= 0.6 is 0 Å². The first-order valence-electron chi connectivity index (χ1n) is 9.64. The molecular weight excluding hydrogens is 386 g/mol. The number of pyridine rings is 1. The molecule has 1 aliphatic rings. The predicted octanol–water partition coefficient (Wildman–Crippen LogP) is 2.25. The molecule has 3 aromatic rings. The molecule has 0 saturated heterocycles. The highest BCUT2D eigenvalue weighted by molar-refractivity contribution is 6.00. The molecule has 1 aliphatic heterocycles. The summed E-state index contributed by atoms with van der Waals surface area (Å²) in [4.78, 5) is 42.8. The van der Waals surface area contributed by atoms with E-state index in [-0.39, 0.29) is 31.0 Å². The van der Waals surface area contributed by atoms with Crippen molar-refractivity contribution in [2.45, 2.75) is 33.0 Å². The maximum absolute atomic E-state index is 12.5. The Bertz CT molecular complexity index is 1190. The molecule has 1 aromatic carbocycles. The number of hydrogen-bond donors (Lipinski definition) is 0. The zero-order chi connectivity index (χ0) is 21.3. The number of carbonyl (C=O) groups excluding carboxylic acids is 2. The van der Waals surface area contributed by atoms with Crippen LogP contribution in [-0.4, -0.2) is 33.9 Å². The third-order valence-corrected chi connectivity index (χ3v) is 4.87. The van der Waals surface area contributed by atoms with E-state index in [1.54, 1.807) is 31.3 Å². The van der Waals surface area contributed by atoms with Crippen LogP contribution in [0.4, 0.5) is 5.69 Å². The number of aromatic nitrogens is 2. The van der Waals surface area contributed by atoms with Crippen LogP contribution in [0.5, 0.6) is 5.75 Å². The smallest absolute Gasteiger partial charge is 0.307 e. The molecule has 0 fully saturated rings. The van der Waals surface area contributed by atoms with Gasteiger partial charge in [-0.1, -0.05) is 12.1 Å². The Balaban J connectivity index is 1.41. The normalized spacial score (nSPS) is 15.6. The van der Waals surface area contributed by atoms with Crippen LogP contribution < -0.4 is 15.2 Å². The summed E-state index contributed by atoms with van der Waals surface area (Å²) in [5.41, 5.74) is 2.24. The molecular formula is C22H21N3O5. The standard InChI is InChI=1S/C22H21N3O5/c1-14-7-9-25-19(11-14)23-16(12-20(25)26)13-29-21(27)8-10-24-17-5-3-4-6-18(17)30-15(2)22(24)28/h3-7,9,11-12,15H,8,10,13H2,1-2H3. The number of nitrogens with zero attached hydrogens (tertiary/aromatic N) is 3. The minimum atomic E-state index is -0.617. The average molecular weight is 407 g/mol. The third kappa shape index (κ3) is 3.89. The summed E-state index contributed by atoms with van der Waals surface area (Å²) in [7, 11) is 0. The number of hydrogen-bond acceptors (Lipinski definition) is 6. The molecule has 1 unspecified atom stereocenters. The van der Waals surface area contributed by atoms with E-state index in [9.17, 15) is 14.4 Å². The minimum Gasteiger partial charge on any atom is -0.479 e. The van der Waals surface area contributed by atoms with E-state index < -0.39 is 12.1 Å². The van der Waals surface area contributed by atoms with Gasteiger partial charge in [0.1, 0.15) is 18.0 Å². The summed E-state index contributed by atoms with van der Waals surface area (Å²) in [6.07, 6.45) is 1.06. The lowest BCUT2D eigenvalue weighted by molar-refractivity contribution is -0.144. The number of amides is 1. The van der Waals surface area contributed by atoms with Crippen molar-refractivity contribution in [3.05, 3.63) is 70.3 Å². The van der Waals surface area contributed by atoms with Crippen molar-refractivity contribution in [3.63, 3.8) is 0 Å². The van der Waals surface area contributed by atoms with Crippen molar-refractivity contribution < 1.29 is 19.1 Å². The van der Waals surface area contributed by atoms with Crippen molar-refractivity contribution in [2.24, 2.45) is 0 Å². The molecule has 0 saturated carbocycles. The Kier molecular flexibility index (Phi) is 5.22. The van der Waals surface area contributed by atoms with Crippen LogP contribution in [-0.2, 0) is 20.9 Å². The molecule has 8 nitrogen and oxygen atoms in total. The maximum atomic E-state index is 12.5. The van der Waals surface area contributed by atoms with E-state index in [4.69, 9.17) is 9.47 Å². The number of esters is 1. The average Bonchev–Trinajstić information content (AvgIpc) is 2.72. The van der Waals surface area contributed by atoms with Gasteiger partial charge in [0, 0.05) is 18.8 Å². The van der Waals surface area contributed by atoms with Gasteiger partial charge in [0.15, 0.2) is 6.10 Å². The number of ether oxygens (including phenoxy) is 2. The molecule has 154 valence electrons. The van der Waals surface area contributed by atoms with Crippen molar-refractivity contribution in [1.82, 2.24) is 9.38 Å². The Hall–Kier alpha value is -3.68. The molecule has 1 atom stereocenters. The monoisotopic (exact) mass is 407 g/mol. The molecule has 8 heteroatoms. The zero-order valence-corrected chi connectivity index (χ0v) is 16.7. The van der Waals surface area contributed by atoms with E-state index in [1.165, 1.54) is 15.4 Å². The molecule has 4 rings (SSSR count). The van der Waals surface area contributed by atoms with Gasteiger partial charge >= 0.3 is 5.97 Å². The number of carbonyl (C=O) groups is 2. The minimum absolute atomic E-state index is 0.0124. The van der Waals surface area contributed by atoms with Crippen molar-refractivity contribution in [1.29, 1.82) is 0 Å².